The predicted octanol–water partition coefficient (Wildman–Crippen LogP) is 0.952. The molecule has 0 aromatic heterocycles. The second-order valence-corrected chi connectivity index (χ2v) is 4.66. The highest BCUT2D eigenvalue weighted by Gasteiger charge is 2.15. The number of nitrogens with zero attached hydrogens (tertiary/aromatic N) is 1. The second kappa shape index (κ2) is 6.38. The standard InChI is InChI=1S/C11H25NO2/c1-8(10(3)13)6-12(5)7-9(2)11(4)14/h8-11,13-14H,6-7H2,1-5H3. The van der Waals surface area contributed by atoms with Crippen molar-refractivity contribution in [1.29, 1.82) is 0 Å². The Balaban J connectivity index is 3.80. The number of hydrogen-bond acceptors (Lipinski definition) is 3. The molecule has 0 heterocycles. The monoisotopic (exact) mass is 203 g/mol. The molecule has 0 saturated carbocycles. The van der Waals surface area contributed by atoms with Crippen LogP contribution in [0.15, 0.2) is 0 Å². The van der Waals surface area contributed by atoms with E-state index in [1.54, 1.807) is 0 Å². The fourth-order valence-corrected chi connectivity index (χ4v) is 1.36. The van der Waals surface area contributed by atoms with E-state index in [4.69, 9.17) is 0 Å². The maximum atomic E-state index is 9.34. The van der Waals surface area contributed by atoms with Gasteiger partial charge in [-0.05, 0) is 32.7 Å². The van der Waals surface area contributed by atoms with Gasteiger partial charge in [-0.1, -0.05) is 13.8 Å². The summed E-state index contributed by atoms with van der Waals surface area (Å²) in [5, 5.41) is 18.7. The highest BCUT2D eigenvalue weighted by molar-refractivity contribution is 4.68. The van der Waals surface area contributed by atoms with E-state index in [2.05, 4.69) is 4.90 Å². The lowest BCUT2D eigenvalue weighted by Gasteiger charge is -2.26. The van der Waals surface area contributed by atoms with E-state index >= 15 is 0 Å². The topological polar surface area (TPSA) is 43.7 Å². The molecule has 86 valence electrons. The number of rotatable bonds is 6. The molecular formula is C11H25NO2. The largest absolute Gasteiger partial charge is 0.393 e. The third-order valence-corrected chi connectivity index (χ3v) is 2.85. The Morgan fingerprint density at radius 2 is 1.14 bits per heavy atom. The molecule has 0 spiro atoms. The van der Waals surface area contributed by atoms with Gasteiger partial charge in [0.05, 0.1) is 12.2 Å². The van der Waals surface area contributed by atoms with Crippen LogP contribution in [0.25, 0.3) is 0 Å². The van der Waals surface area contributed by atoms with Crippen LogP contribution in [0.5, 0.6) is 0 Å². The molecule has 0 radical (unpaired) electrons. The van der Waals surface area contributed by atoms with Crippen LogP contribution in [0.1, 0.15) is 27.7 Å². The first kappa shape index (κ1) is 13.9. The van der Waals surface area contributed by atoms with Gasteiger partial charge in [0.2, 0.25) is 0 Å². The molecule has 0 rings (SSSR count). The van der Waals surface area contributed by atoms with Gasteiger partial charge in [-0.2, -0.15) is 0 Å². The van der Waals surface area contributed by atoms with Gasteiger partial charge in [-0.25, -0.2) is 0 Å². The zero-order chi connectivity index (χ0) is 11.3. The minimum absolute atomic E-state index is 0.265. The van der Waals surface area contributed by atoms with E-state index < -0.39 is 0 Å². The van der Waals surface area contributed by atoms with Crippen LogP contribution in [0, 0.1) is 11.8 Å². The molecule has 0 aliphatic carbocycles. The average Bonchev–Trinajstić information content (AvgIpc) is 2.03. The molecule has 0 bridgehead atoms. The van der Waals surface area contributed by atoms with Gasteiger partial charge in [-0.15, -0.1) is 0 Å². The molecule has 4 atom stereocenters. The summed E-state index contributed by atoms with van der Waals surface area (Å²) in [4.78, 5) is 2.16. The van der Waals surface area contributed by atoms with Crippen molar-refractivity contribution in [3.63, 3.8) is 0 Å². The fraction of sp³-hybridized carbons (Fsp3) is 1.00. The van der Waals surface area contributed by atoms with Gasteiger partial charge in [0.25, 0.3) is 0 Å². The van der Waals surface area contributed by atoms with E-state index in [1.165, 1.54) is 0 Å². The Bertz CT molecular complexity index is 132. The third-order valence-electron chi connectivity index (χ3n) is 2.85. The first-order valence-corrected chi connectivity index (χ1v) is 5.39. The molecule has 3 nitrogen and oxygen atoms in total. The van der Waals surface area contributed by atoms with Crippen molar-refractivity contribution in [2.75, 3.05) is 20.1 Å². The third kappa shape index (κ3) is 5.58. The predicted molar refractivity (Wildman–Crippen MR) is 59.2 cm³/mol. The summed E-state index contributed by atoms with van der Waals surface area (Å²) in [6.07, 6.45) is -0.529. The SMILES string of the molecule is CC(O)C(C)CN(C)CC(C)C(C)O. The molecule has 0 amide bonds. The van der Waals surface area contributed by atoms with E-state index in [0.717, 1.165) is 13.1 Å². The Hall–Kier alpha value is -0.120. The van der Waals surface area contributed by atoms with Crippen molar-refractivity contribution in [2.45, 2.75) is 39.9 Å². The maximum absolute atomic E-state index is 9.34. The van der Waals surface area contributed by atoms with Gasteiger partial charge >= 0.3 is 0 Å². The molecule has 0 fully saturated rings. The Morgan fingerprint density at radius 3 is 1.36 bits per heavy atom. The highest BCUT2D eigenvalue weighted by atomic mass is 16.3. The summed E-state index contributed by atoms with van der Waals surface area (Å²) in [7, 11) is 2.03. The number of hydrogen-bond donors (Lipinski definition) is 2. The molecule has 2 N–H and O–H groups in total. The van der Waals surface area contributed by atoms with Crippen LogP contribution >= 0.6 is 0 Å². The zero-order valence-electron chi connectivity index (χ0n) is 10.1. The van der Waals surface area contributed by atoms with Gasteiger partial charge in [-0.3, -0.25) is 0 Å². The smallest absolute Gasteiger partial charge is 0.0549 e. The number of aliphatic hydroxyl groups is 2. The quantitative estimate of drug-likeness (QED) is 0.675. The highest BCUT2D eigenvalue weighted by Crippen LogP contribution is 2.08. The van der Waals surface area contributed by atoms with Crippen molar-refractivity contribution >= 4 is 0 Å². The molecule has 0 saturated heterocycles. The maximum Gasteiger partial charge on any atom is 0.0549 e. The molecule has 0 aliphatic heterocycles. The van der Waals surface area contributed by atoms with Crippen molar-refractivity contribution < 1.29 is 10.2 Å². The van der Waals surface area contributed by atoms with Gasteiger partial charge in [0.1, 0.15) is 0 Å². The van der Waals surface area contributed by atoms with E-state index in [0.29, 0.717) is 0 Å². The summed E-state index contributed by atoms with van der Waals surface area (Å²) in [6.45, 7) is 9.44. The van der Waals surface area contributed by atoms with E-state index in [1.807, 2.05) is 34.7 Å². The molecule has 0 aromatic rings. The van der Waals surface area contributed by atoms with Crippen molar-refractivity contribution in [1.82, 2.24) is 4.90 Å². The van der Waals surface area contributed by atoms with Crippen LogP contribution in [0.4, 0.5) is 0 Å². The lowest BCUT2D eigenvalue weighted by Crippen LogP contribution is -2.35. The summed E-state index contributed by atoms with van der Waals surface area (Å²) in [5.74, 6) is 0.558. The zero-order valence-corrected chi connectivity index (χ0v) is 10.1. The van der Waals surface area contributed by atoms with Gasteiger partial charge in [0, 0.05) is 13.1 Å². The van der Waals surface area contributed by atoms with Crippen LogP contribution in [-0.2, 0) is 0 Å². The first-order chi connectivity index (χ1) is 6.34. The minimum Gasteiger partial charge on any atom is -0.393 e. The molecule has 4 unspecified atom stereocenters. The van der Waals surface area contributed by atoms with Gasteiger partial charge < -0.3 is 15.1 Å². The van der Waals surface area contributed by atoms with Crippen molar-refractivity contribution in [2.24, 2.45) is 11.8 Å². The lowest BCUT2D eigenvalue weighted by atomic mass is 10.0. The Labute approximate surface area is 87.7 Å². The van der Waals surface area contributed by atoms with Crippen LogP contribution < -0.4 is 0 Å². The summed E-state index contributed by atoms with van der Waals surface area (Å²) >= 11 is 0. The fourth-order valence-electron chi connectivity index (χ4n) is 1.36. The second-order valence-electron chi connectivity index (χ2n) is 4.66. The number of aliphatic hydroxyl groups excluding tert-OH is 2. The van der Waals surface area contributed by atoms with E-state index in [-0.39, 0.29) is 24.0 Å². The van der Waals surface area contributed by atoms with Crippen molar-refractivity contribution in [3.05, 3.63) is 0 Å². The molecule has 0 aromatic carbocycles. The summed E-state index contributed by atoms with van der Waals surface area (Å²) < 4.78 is 0. The summed E-state index contributed by atoms with van der Waals surface area (Å²) in [5.41, 5.74) is 0. The molecular weight excluding hydrogens is 178 g/mol. The molecule has 14 heavy (non-hydrogen) atoms. The molecule has 0 aliphatic rings. The van der Waals surface area contributed by atoms with Crippen molar-refractivity contribution in [3.8, 4) is 0 Å². The Morgan fingerprint density at radius 1 is 0.857 bits per heavy atom. The van der Waals surface area contributed by atoms with Crippen LogP contribution in [0.2, 0.25) is 0 Å². The molecule has 3 heteroatoms. The van der Waals surface area contributed by atoms with Gasteiger partial charge in [0.15, 0.2) is 0 Å². The Kier molecular flexibility index (Phi) is 6.33. The lowest BCUT2D eigenvalue weighted by molar-refractivity contribution is 0.0823. The summed E-state index contributed by atoms with van der Waals surface area (Å²) in [6, 6.07) is 0. The van der Waals surface area contributed by atoms with Crippen LogP contribution in [-0.4, -0.2) is 47.5 Å². The normalized spacial score (nSPS) is 20.6. The van der Waals surface area contributed by atoms with E-state index in [9.17, 15) is 10.2 Å². The first-order valence-electron chi connectivity index (χ1n) is 5.39. The minimum atomic E-state index is -0.265. The van der Waals surface area contributed by atoms with Crippen LogP contribution in [0.3, 0.4) is 0 Å². The average molecular weight is 203 g/mol.